The van der Waals surface area contributed by atoms with E-state index in [4.69, 9.17) is 0 Å². The van der Waals surface area contributed by atoms with Crippen molar-refractivity contribution >= 4 is 37.4 Å². The Hall–Kier alpha value is -2.14. The molecule has 1 N–H and O–H groups in total. The van der Waals surface area contributed by atoms with Crippen LogP contribution in [0.15, 0.2) is 29.2 Å². The Balaban J connectivity index is 2.41. The number of rotatable bonds is 0. The molecule has 0 aromatic carbocycles. The molecule has 0 fully saturated rings. The lowest BCUT2D eigenvalue weighted by atomic mass is 10.1. The van der Waals surface area contributed by atoms with Gasteiger partial charge in [0.05, 0.1) is 5.52 Å². The topological polar surface area (TPSA) is 50.2 Å². The van der Waals surface area contributed by atoms with Crippen LogP contribution in [-0.4, -0.2) is 14.4 Å². The summed E-state index contributed by atoms with van der Waals surface area (Å²) in [5.74, 6) is 0. The highest BCUT2D eigenvalue weighted by atomic mass is 32.1. The first-order chi connectivity index (χ1) is 9.15. The monoisotopic (exact) mass is 269 g/mol. The second-order valence-corrected chi connectivity index (χ2v) is 5.76. The number of aromatic nitrogens is 3. The predicted molar refractivity (Wildman–Crippen MR) is 78.2 cm³/mol. The van der Waals surface area contributed by atoms with E-state index >= 15 is 0 Å². The summed E-state index contributed by atoms with van der Waals surface area (Å²) in [7, 11) is 0. The number of aromatic amines is 1. The first kappa shape index (κ1) is 10.8. The smallest absolute Gasteiger partial charge is 0.273 e. The lowest BCUT2D eigenvalue weighted by Crippen LogP contribution is -2.08. The van der Waals surface area contributed by atoms with Crippen LogP contribution in [0, 0.1) is 13.8 Å². The van der Waals surface area contributed by atoms with Crippen molar-refractivity contribution in [1.29, 1.82) is 0 Å². The van der Waals surface area contributed by atoms with Gasteiger partial charge >= 0.3 is 0 Å². The zero-order chi connectivity index (χ0) is 13.1. The highest BCUT2D eigenvalue weighted by Crippen LogP contribution is 2.33. The maximum absolute atomic E-state index is 12.0. The average molecular weight is 269 g/mol. The highest BCUT2D eigenvalue weighted by Gasteiger charge is 2.14. The molecule has 0 bridgehead atoms. The Kier molecular flexibility index (Phi) is 1.95. The Morgan fingerprint density at radius 3 is 3.05 bits per heavy atom. The standard InChI is InChI=1S/C14H11N3OS/c1-7-6-8(2)15-13-10(7)11-14(19-13)16-12(18)9-4-3-5-17(9)11/h3-6H,1-2H3,(H,16,18). The summed E-state index contributed by atoms with van der Waals surface area (Å²) in [5.41, 5.74) is 3.86. The number of pyridine rings is 1. The van der Waals surface area contributed by atoms with Crippen LogP contribution < -0.4 is 5.56 Å². The number of aryl methyl sites for hydroxylation is 2. The van der Waals surface area contributed by atoms with Gasteiger partial charge in [0.25, 0.3) is 5.56 Å². The van der Waals surface area contributed by atoms with Crippen molar-refractivity contribution in [1.82, 2.24) is 14.4 Å². The maximum Gasteiger partial charge on any atom is 0.273 e. The van der Waals surface area contributed by atoms with Crippen molar-refractivity contribution in [2.45, 2.75) is 13.8 Å². The summed E-state index contributed by atoms with van der Waals surface area (Å²) in [5, 5.41) is 1.13. The van der Waals surface area contributed by atoms with Crippen LogP contribution in [0.25, 0.3) is 26.1 Å². The lowest BCUT2D eigenvalue weighted by molar-refractivity contribution is 1.20. The molecule has 0 unspecified atom stereocenters. The zero-order valence-corrected chi connectivity index (χ0v) is 11.3. The Morgan fingerprint density at radius 2 is 2.21 bits per heavy atom. The minimum atomic E-state index is -0.0570. The average Bonchev–Trinajstić information content (AvgIpc) is 2.91. The molecule has 4 aromatic rings. The molecule has 0 aliphatic carbocycles. The van der Waals surface area contributed by atoms with Crippen molar-refractivity contribution in [3.05, 3.63) is 46.0 Å². The first-order valence-electron chi connectivity index (χ1n) is 6.05. The Bertz CT molecular complexity index is 1010. The largest absolute Gasteiger partial charge is 0.310 e. The van der Waals surface area contributed by atoms with Gasteiger partial charge in [-0.1, -0.05) is 11.3 Å². The molecule has 94 valence electrons. The molecule has 4 heterocycles. The van der Waals surface area contributed by atoms with Gasteiger partial charge in [0.1, 0.15) is 15.2 Å². The quantitative estimate of drug-likeness (QED) is 0.533. The molecule has 0 radical (unpaired) electrons. The molecule has 0 amide bonds. The fourth-order valence-electron chi connectivity index (χ4n) is 2.67. The van der Waals surface area contributed by atoms with Crippen LogP contribution in [0.2, 0.25) is 0 Å². The zero-order valence-electron chi connectivity index (χ0n) is 10.5. The second-order valence-electron chi connectivity index (χ2n) is 4.76. The van der Waals surface area contributed by atoms with Crippen LogP contribution in [0.3, 0.4) is 0 Å². The van der Waals surface area contributed by atoms with E-state index in [-0.39, 0.29) is 5.56 Å². The maximum atomic E-state index is 12.0. The molecule has 4 aromatic heterocycles. The summed E-state index contributed by atoms with van der Waals surface area (Å²) >= 11 is 1.53. The third-order valence-electron chi connectivity index (χ3n) is 3.41. The van der Waals surface area contributed by atoms with E-state index in [0.717, 1.165) is 26.3 Å². The molecule has 0 spiro atoms. The minimum absolute atomic E-state index is 0.0570. The van der Waals surface area contributed by atoms with Gasteiger partial charge in [-0.3, -0.25) is 4.79 Å². The number of hydrogen-bond acceptors (Lipinski definition) is 3. The fourth-order valence-corrected chi connectivity index (χ4v) is 3.85. The molecule has 0 aliphatic heterocycles. The van der Waals surface area contributed by atoms with Crippen molar-refractivity contribution in [2.75, 3.05) is 0 Å². The van der Waals surface area contributed by atoms with Gasteiger partial charge in [0.2, 0.25) is 0 Å². The molecular formula is C14H11N3OS. The van der Waals surface area contributed by atoms with Crippen LogP contribution in [0.1, 0.15) is 11.3 Å². The summed E-state index contributed by atoms with van der Waals surface area (Å²) in [6.45, 7) is 4.08. The van der Waals surface area contributed by atoms with Crippen LogP contribution in [-0.2, 0) is 0 Å². The number of H-pyrrole nitrogens is 1. The molecule has 0 aliphatic rings. The number of nitrogens with zero attached hydrogens (tertiary/aromatic N) is 2. The van der Waals surface area contributed by atoms with Crippen LogP contribution in [0.5, 0.6) is 0 Å². The summed E-state index contributed by atoms with van der Waals surface area (Å²) in [6.07, 6.45) is 1.93. The number of nitrogens with one attached hydrogen (secondary N) is 1. The van der Waals surface area contributed by atoms with Crippen LogP contribution in [0.4, 0.5) is 0 Å². The van der Waals surface area contributed by atoms with E-state index in [2.05, 4.69) is 23.0 Å². The van der Waals surface area contributed by atoms with E-state index < -0.39 is 0 Å². The molecule has 4 rings (SSSR count). The van der Waals surface area contributed by atoms with Crippen molar-refractivity contribution in [2.24, 2.45) is 0 Å². The van der Waals surface area contributed by atoms with Gasteiger partial charge in [-0.2, -0.15) is 0 Å². The van der Waals surface area contributed by atoms with Crippen molar-refractivity contribution in [3.8, 4) is 0 Å². The summed E-state index contributed by atoms with van der Waals surface area (Å²) in [4.78, 5) is 21.4. The van der Waals surface area contributed by atoms with Gasteiger partial charge < -0.3 is 9.38 Å². The SMILES string of the molecule is Cc1cc(C)c2c(n1)sc1[nH]c(=O)c3cccn3c12. The molecular weight excluding hydrogens is 258 g/mol. The molecule has 0 saturated carbocycles. The van der Waals surface area contributed by atoms with E-state index in [9.17, 15) is 4.79 Å². The lowest BCUT2D eigenvalue weighted by Gasteiger charge is -2.01. The normalized spacial score (nSPS) is 11.9. The number of thiophene rings is 1. The minimum Gasteiger partial charge on any atom is -0.310 e. The third-order valence-corrected chi connectivity index (χ3v) is 4.40. The summed E-state index contributed by atoms with van der Waals surface area (Å²) in [6, 6.07) is 5.80. The Labute approximate surface area is 112 Å². The van der Waals surface area contributed by atoms with Gasteiger partial charge in [-0.15, -0.1) is 0 Å². The van der Waals surface area contributed by atoms with E-state index in [0.29, 0.717) is 5.52 Å². The Morgan fingerprint density at radius 1 is 1.37 bits per heavy atom. The van der Waals surface area contributed by atoms with E-state index in [1.165, 1.54) is 16.9 Å². The molecule has 4 nitrogen and oxygen atoms in total. The molecule has 0 saturated heterocycles. The number of hydrogen-bond donors (Lipinski definition) is 1. The van der Waals surface area contributed by atoms with Gasteiger partial charge in [-0.05, 0) is 37.6 Å². The van der Waals surface area contributed by atoms with E-state index in [1.54, 1.807) is 0 Å². The predicted octanol–water partition coefficient (Wildman–Crippen LogP) is 3.01. The van der Waals surface area contributed by atoms with Gasteiger partial charge in [0, 0.05) is 17.3 Å². The van der Waals surface area contributed by atoms with Gasteiger partial charge in [-0.25, -0.2) is 4.98 Å². The molecule has 0 atom stereocenters. The summed E-state index contributed by atoms with van der Waals surface area (Å²) < 4.78 is 1.96. The van der Waals surface area contributed by atoms with E-state index in [1.807, 2.05) is 29.7 Å². The second kappa shape index (κ2) is 3.45. The first-order valence-corrected chi connectivity index (χ1v) is 6.86. The number of fused-ring (bicyclic) bond motifs is 5. The van der Waals surface area contributed by atoms with Crippen molar-refractivity contribution in [3.63, 3.8) is 0 Å². The third kappa shape index (κ3) is 1.33. The highest BCUT2D eigenvalue weighted by molar-refractivity contribution is 7.25. The fraction of sp³-hybridized carbons (Fsp3) is 0.143. The van der Waals surface area contributed by atoms with Crippen LogP contribution >= 0.6 is 11.3 Å². The van der Waals surface area contributed by atoms with Crippen molar-refractivity contribution < 1.29 is 0 Å². The molecule has 5 heteroatoms. The molecule has 19 heavy (non-hydrogen) atoms. The van der Waals surface area contributed by atoms with Gasteiger partial charge in [0.15, 0.2) is 0 Å².